The smallest absolute Gasteiger partial charge is 0.249 e. The van der Waals surface area contributed by atoms with E-state index in [9.17, 15) is 19.2 Å². The molecule has 268 valence electrons. The number of hydrogen-bond acceptors (Lipinski definition) is 6. The fourth-order valence-electron chi connectivity index (χ4n) is 5.78. The zero-order valence-corrected chi connectivity index (χ0v) is 31.3. The second-order valence-corrected chi connectivity index (χ2v) is 12.7. The van der Waals surface area contributed by atoms with E-state index in [1.54, 1.807) is 29.8 Å². The van der Waals surface area contributed by atoms with Gasteiger partial charge in [0, 0.05) is 38.0 Å². The minimum absolute atomic E-state index is 0.0489. The predicted molar refractivity (Wildman–Crippen MR) is 195 cm³/mol. The number of carbonyl (C=O) groups is 4. The third-order valence-electron chi connectivity index (χ3n) is 8.25. The maximum Gasteiger partial charge on any atom is 0.249 e. The summed E-state index contributed by atoms with van der Waals surface area (Å²) in [6.45, 7) is 17.7. The van der Waals surface area contributed by atoms with E-state index in [1.165, 1.54) is 38.8 Å². The lowest BCUT2D eigenvalue weighted by Crippen LogP contribution is -2.44. The van der Waals surface area contributed by atoms with Crippen LogP contribution in [0.2, 0.25) is 0 Å². The molecule has 1 aromatic carbocycles. The molecule has 0 aromatic heterocycles. The van der Waals surface area contributed by atoms with Crippen molar-refractivity contribution in [3.8, 4) is 0 Å². The zero-order valence-electron chi connectivity index (χ0n) is 31.3. The monoisotopic (exact) mass is 658 g/mol. The molecule has 2 heterocycles. The first-order chi connectivity index (χ1) is 22.5. The van der Waals surface area contributed by atoms with E-state index in [0.717, 1.165) is 12.0 Å². The molecule has 2 aliphatic rings. The summed E-state index contributed by atoms with van der Waals surface area (Å²) in [7, 11) is 5.74. The van der Waals surface area contributed by atoms with Gasteiger partial charge in [0.05, 0.1) is 18.6 Å². The Morgan fingerprint density at radius 1 is 1.00 bits per heavy atom. The highest BCUT2D eigenvalue weighted by molar-refractivity contribution is 5.97. The van der Waals surface area contributed by atoms with Crippen LogP contribution in [0.4, 0.5) is 0 Å². The summed E-state index contributed by atoms with van der Waals surface area (Å²) >= 11 is 0. The van der Waals surface area contributed by atoms with Crippen LogP contribution in [-0.4, -0.2) is 105 Å². The molecule has 2 unspecified atom stereocenters. The van der Waals surface area contributed by atoms with Crippen molar-refractivity contribution in [3.63, 3.8) is 0 Å². The van der Waals surface area contributed by atoms with Gasteiger partial charge in [-0.2, -0.15) is 0 Å². The predicted octanol–water partition coefficient (Wildman–Crippen LogP) is 5.66. The number of ketones is 1. The van der Waals surface area contributed by atoms with Crippen molar-refractivity contribution in [3.05, 3.63) is 47.5 Å². The summed E-state index contributed by atoms with van der Waals surface area (Å²) in [5.74, 6) is -0.207. The fourth-order valence-corrected chi connectivity index (χ4v) is 5.78. The van der Waals surface area contributed by atoms with E-state index < -0.39 is 6.04 Å². The minimum Gasteiger partial charge on any atom is -0.350 e. The fraction of sp³-hybridized carbons (Fsp3) is 0.684. The second-order valence-electron chi connectivity index (χ2n) is 12.7. The molecular weight excluding hydrogens is 590 g/mol. The SMILES string of the molecule is CC.CCC.CN1CCCCC1.CNCC(CC(=O)[C@@H]1CCCN1C(=O)/C(C)=C/C(C(C)C)N(C)C(=O)CNC=O)c1ccccc1. The molecule has 2 aliphatic heterocycles. The van der Waals surface area contributed by atoms with Gasteiger partial charge in [0.1, 0.15) is 0 Å². The van der Waals surface area contributed by atoms with Gasteiger partial charge >= 0.3 is 0 Å². The van der Waals surface area contributed by atoms with Crippen molar-refractivity contribution in [2.75, 3.05) is 53.9 Å². The molecule has 0 spiro atoms. The first-order valence-electron chi connectivity index (χ1n) is 17.8. The van der Waals surface area contributed by atoms with Crippen LogP contribution in [0.3, 0.4) is 0 Å². The van der Waals surface area contributed by atoms with Gasteiger partial charge in [-0.25, -0.2) is 0 Å². The second kappa shape index (κ2) is 26.0. The molecule has 0 saturated carbocycles. The van der Waals surface area contributed by atoms with Gasteiger partial charge in [0.25, 0.3) is 0 Å². The summed E-state index contributed by atoms with van der Waals surface area (Å²) in [5.41, 5.74) is 1.62. The summed E-state index contributed by atoms with van der Waals surface area (Å²) < 4.78 is 0. The quantitative estimate of drug-likeness (QED) is 0.210. The highest BCUT2D eigenvalue weighted by atomic mass is 16.2. The number of benzene rings is 1. The molecule has 1 aromatic rings. The van der Waals surface area contributed by atoms with Gasteiger partial charge in [-0.3, -0.25) is 19.2 Å². The van der Waals surface area contributed by atoms with Crippen molar-refractivity contribution in [1.82, 2.24) is 25.3 Å². The van der Waals surface area contributed by atoms with E-state index in [0.29, 0.717) is 37.9 Å². The van der Waals surface area contributed by atoms with Crippen molar-refractivity contribution < 1.29 is 19.2 Å². The Morgan fingerprint density at radius 2 is 1.60 bits per heavy atom. The molecule has 9 nitrogen and oxygen atoms in total. The molecule has 3 amide bonds. The average molecular weight is 658 g/mol. The zero-order chi connectivity index (χ0) is 35.8. The molecule has 9 heteroatoms. The van der Waals surface area contributed by atoms with Crippen LogP contribution >= 0.6 is 0 Å². The van der Waals surface area contributed by atoms with E-state index in [1.807, 2.05) is 65.1 Å². The van der Waals surface area contributed by atoms with Crippen LogP contribution in [0.1, 0.15) is 105 Å². The Bertz CT molecular complexity index is 1040. The third kappa shape index (κ3) is 16.6. The maximum atomic E-state index is 13.4. The third-order valence-corrected chi connectivity index (χ3v) is 8.25. The number of amides is 3. The number of nitrogens with zero attached hydrogens (tertiary/aromatic N) is 3. The minimum atomic E-state index is -0.428. The molecule has 2 fully saturated rings. The Kier molecular flexibility index (Phi) is 24.3. The Morgan fingerprint density at radius 3 is 2.09 bits per heavy atom. The number of hydrogen-bond donors (Lipinski definition) is 2. The average Bonchev–Trinajstić information content (AvgIpc) is 3.57. The highest BCUT2D eigenvalue weighted by Gasteiger charge is 2.35. The topological polar surface area (TPSA) is 102 Å². The van der Waals surface area contributed by atoms with Crippen LogP contribution in [0, 0.1) is 5.92 Å². The Labute approximate surface area is 286 Å². The van der Waals surface area contributed by atoms with Crippen molar-refractivity contribution in [2.45, 2.75) is 111 Å². The molecular formula is C38H67N5O4. The molecule has 0 aliphatic carbocycles. The summed E-state index contributed by atoms with van der Waals surface area (Å²) in [6.07, 6.45) is 9.65. The van der Waals surface area contributed by atoms with Crippen molar-refractivity contribution >= 4 is 24.0 Å². The standard InChI is InChI=1S/C27H40N4O4.C6H13N.C3H8.C2H6/c1-19(2)24(30(5)26(34)17-29-18-32)14-20(3)27(35)31-13-9-12-23(31)25(33)15-22(16-28-4)21-10-7-6-8-11-21;1-7-5-3-2-4-6-7;1-3-2;1-2/h6-8,10-11,14,18-19,22-24,28H,9,12-13,15-17H2,1-5H3,(H,29,32);2-6H2,1H3;3H2,1-2H3;1-2H3/b20-14+;;;/t22?,23-,24?;;;/m0.../s1. The first kappa shape index (κ1) is 44.0. The number of piperidine rings is 1. The lowest BCUT2D eigenvalue weighted by molar-refractivity contribution is -0.135. The first-order valence-corrected chi connectivity index (χ1v) is 17.8. The highest BCUT2D eigenvalue weighted by Crippen LogP contribution is 2.27. The van der Waals surface area contributed by atoms with Crippen molar-refractivity contribution in [1.29, 1.82) is 0 Å². The Hall–Kier alpha value is -3.04. The molecule has 47 heavy (non-hydrogen) atoms. The van der Waals surface area contributed by atoms with Gasteiger partial charge in [0.15, 0.2) is 5.78 Å². The lowest BCUT2D eigenvalue weighted by atomic mass is 9.90. The molecule has 2 saturated heterocycles. The summed E-state index contributed by atoms with van der Waals surface area (Å²) in [5, 5.41) is 5.57. The van der Waals surface area contributed by atoms with Crippen LogP contribution in [0.25, 0.3) is 0 Å². The van der Waals surface area contributed by atoms with E-state index >= 15 is 0 Å². The van der Waals surface area contributed by atoms with Gasteiger partial charge in [-0.1, -0.05) is 90.8 Å². The molecule has 3 atom stereocenters. The number of nitrogens with one attached hydrogen (secondary N) is 2. The molecule has 0 bridgehead atoms. The summed E-state index contributed by atoms with van der Waals surface area (Å²) in [4.78, 5) is 55.3. The van der Waals surface area contributed by atoms with Crippen LogP contribution in [0.5, 0.6) is 0 Å². The van der Waals surface area contributed by atoms with Crippen molar-refractivity contribution in [2.24, 2.45) is 5.92 Å². The molecule has 3 rings (SSSR count). The van der Waals surface area contributed by atoms with E-state index in [2.05, 4.69) is 36.4 Å². The van der Waals surface area contributed by atoms with Crippen LogP contribution in [-0.2, 0) is 19.2 Å². The largest absolute Gasteiger partial charge is 0.350 e. The maximum absolute atomic E-state index is 13.4. The normalized spacial score (nSPS) is 17.5. The van der Waals surface area contributed by atoms with Gasteiger partial charge in [-0.05, 0) is 71.3 Å². The van der Waals surface area contributed by atoms with Gasteiger partial charge < -0.3 is 25.3 Å². The van der Waals surface area contributed by atoms with Gasteiger partial charge in [-0.15, -0.1) is 0 Å². The number of likely N-dealkylation sites (N-methyl/N-ethyl adjacent to an activating group) is 2. The molecule has 2 N–H and O–H groups in total. The van der Waals surface area contributed by atoms with Crippen LogP contribution in [0.15, 0.2) is 42.0 Å². The van der Waals surface area contributed by atoms with E-state index in [4.69, 9.17) is 0 Å². The number of Topliss-reactive ketones (excluding diaryl/α,β-unsaturated/α-hetero) is 1. The van der Waals surface area contributed by atoms with Gasteiger partial charge in [0.2, 0.25) is 18.2 Å². The number of rotatable bonds is 13. The van der Waals surface area contributed by atoms with E-state index in [-0.39, 0.29) is 42.0 Å². The lowest BCUT2D eigenvalue weighted by Gasteiger charge is -2.30. The van der Waals surface area contributed by atoms with Crippen LogP contribution < -0.4 is 10.6 Å². The number of carbonyl (C=O) groups excluding carboxylic acids is 4. The molecule has 0 radical (unpaired) electrons. The number of likely N-dealkylation sites (tertiary alicyclic amines) is 2. The summed E-state index contributed by atoms with van der Waals surface area (Å²) in [6, 6.07) is 9.25. The Balaban J connectivity index is 0.00000149.